The summed E-state index contributed by atoms with van der Waals surface area (Å²) in [5, 5.41) is 1.99. The standard InChI is InChI=1S/C37H23N5O/c1-3-9-26(10-4-1)34-40-35(27-11-5-2-6-12-27)42-36(41-34)29-14-7-13-28(23-29)24-16-18-25(19-17-24)32-33-30(20-22-38-32)31-15-8-21-39-37(31)43-33/h1-23H. The van der Waals surface area contributed by atoms with E-state index in [9.17, 15) is 0 Å². The van der Waals surface area contributed by atoms with Crippen LogP contribution in [0.4, 0.5) is 0 Å². The van der Waals surface area contributed by atoms with Crippen molar-refractivity contribution < 1.29 is 4.42 Å². The van der Waals surface area contributed by atoms with Gasteiger partial charge in [-0.1, -0.05) is 103 Å². The van der Waals surface area contributed by atoms with Crippen LogP contribution in [0.3, 0.4) is 0 Å². The highest BCUT2D eigenvalue weighted by Crippen LogP contribution is 2.35. The molecule has 8 aromatic rings. The summed E-state index contributed by atoms with van der Waals surface area (Å²) in [5.74, 6) is 1.91. The van der Waals surface area contributed by atoms with Gasteiger partial charge in [-0.3, -0.25) is 4.98 Å². The molecule has 6 heteroatoms. The van der Waals surface area contributed by atoms with Gasteiger partial charge in [0.2, 0.25) is 5.71 Å². The first-order valence-electron chi connectivity index (χ1n) is 14.0. The van der Waals surface area contributed by atoms with Crippen LogP contribution < -0.4 is 0 Å². The highest BCUT2D eigenvalue weighted by atomic mass is 16.3. The minimum atomic E-state index is 0.615. The number of hydrogen-bond donors (Lipinski definition) is 0. The summed E-state index contributed by atoms with van der Waals surface area (Å²) in [6.45, 7) is 0. The van der Waals surface area contributed by atoms with E-state index in [1.165, 1.54) is 0 Å². The van der Waals surface area contributed by atoms with Gasteiger partial charge in [0.25, 0.3) is 0 Å². The molecule has 202 valence electrons. The summed E-state index contributed by atoms with van der Waals surface area (Å²) >= 11 is 0. The van der Waals surface area contributed by atoms with Crippen LogP contribution in [0.15, 0.2) is 144 Å². The minimum absolute atomic E-state index is 0.615. The first kappa shape index (κ1) is 24.8. The van der Waals surface area contributed by atoms with Crippen LogP contribution in [-0.4, -0.2) is 24.9 Å². The van der Waals surface area contributed by atoms with Gasteiger partial charge in [0.1, 0.15) is 5.69 Å². The molecule has 4 aromatic carbocycles. The fraction of sp³-hybridized carbons (Fsp3) is 0. The molecule has 0 N–H and O–H groups in total. The van der Waals surface area contributed by atoms with Crippen molar-refractivity contribution in [2.45, 2.75) is 0 Å². The Kier molecular flexibility index (Phi) is 6.01. The molecule has 0 saturated heterocycles. The number of hydrogen-bond acceptors (Lipinski definition) is 6. The van der Waals surface area contributed by atoms with Gasteiger partial charge < -0.3 is 4.42 Å². The number of aromatic nitrogens is 5. The lowest BCUT2D eigenvalue weighted by Gasteiger charge is -2.10. The Morgan fingerprint density at radius 1 is 0.395 bits per heavy atom. The van der Waals surface area contributed by atoms with Crippen molar-refractivity contribution in [1.82, 2.24) is 24.9 Å². The Morgan fingerprint density at radius 3 is 1.70 bits per heavy atom. The van der Waals surface area contributed by atoms with Crippen LogP contribution in [0.5, 0.6) is 0 Å². The van der Waals surface area contributed by atoms with Gasteiger partial charge in [-0.2, -0.15) is 0 Å². The lowest BCUT2D eigenvalue weighted by atomic mass is 10.00. The summed E-state index contributed by atoms with van der Waals surface area (Å²) in [5.41, 5.74) is 8.06. The Balaban J connectivity index is 1.18. The lowest BCUT2D eigenvalue weighted by Crippen LogP contribution is -2.00. The van der Waals surface area contributed by atoms with E-state index in [-0.39, 0.29) is 0 Å². The van der Waals surface area contributed by atoms with Crippen LogP contribution >= 0.6 is 0 Å². The van der Waals surface area contributed by atoms with Crippen LogP contribution in [-0.2, 0) is 0 Å². The van der Waals surface area contributed by atoms with E-state index >= 15 is 0 Å². The second kappa shape index (κ2) is 10.4. The molecule has 43 heavy (non-hydrogen) atoms. The monoisotopic (exact) mass is 553 g/mol. The Morgan fingerprint density at radius 2 is 1.00 bits per heavy atom. The zero-order valence-corrected chi connectivity index (χ0v) is 22.9. The Hall–Kier alpha value is -6.01. The van der Waals surface area contributed by atoms with Gasteiger partial charge in [-0.05, 0) is 35.4 Å². The Labute approximate surface area is 247 Å². The molecule has 0 saturated carbocycles. The average molecular weight is 554 g/mol. The largest absolute Gasteiger partial charge is 0.435 e. The molecule has 0 amide bonds. The first-order valence-corrected chi connectivity index (χ1v) is 14.0. The molecule has 0 spiro atoms. The van der Waals surface area contributed by atoms with Crippen molar-refractivity contribution in [3.8, 4) is 56.5 Å². The molecular weight excluding hydrogens is 530 g/mol. The molecular formula is C37H23N5O. The third-order valence-corrected chi connectivity index (χ3v) is 7.48. The van der Waals surface area contributed by atoms with Crippen molar-refractivity contribution >= 4 is 22.1 Å². The molecule has 0 bridgehead atoms. The molecule has 0 aliphatic heterocycles. The van der Waals surface area contributed by atoms with Crippen molar-refractivity contribution in [2.24, 2.45) is 0 Å². The second-order valence-electron chi connectivity index (χ2n) is 10.2. The van der Waals surface area contributed by atoms with Gasteiger partial charge in [0.15, 0.2) is 23.1 Å². The molecule has 0 fully saturated rings. The predicted octanol–water partition coefficient (Wildman–Crippen LogP) is 8.90. The lowest BCUT2D eigenvalue weighted by molar-refractivity contribution is 0.653. The fourth-order valence-corrected chi connectivity index (χ4v) is 5.34. The second-order valence-corrected chi connectivity index (χ2v) is 10.2. The van der Waals surface area contributed by atoms with Crippen molar-refractivity contribution in [3.05, 3.63) is 140 Å². The molecule has 0 unspecified atom stereocenters. The van der Waals surface area contributed by atoms with Crippen molar-refractivity contribution in [2.75, 3.05) is 0 Å². The van der Waals surface area contributed by atoms with Crippen molar-refractivity contribution in [3.63, 3.8) is 0 Å². The zero-order chi connectivity index (χ0) is 28.6. The van der Waals surface area contributed by atoms with Gasteiger partial charge in [-0.15, -0.1) is 0 Å². The third-order valence-electron chi connectivity index (χ3n) is 7.48. The summed E-state index contributed by atoms with van der Waals surface area (Å²) < 4.78 is 6.11. The summed E-state index contributed by atoms with van der Waals surface area (Å²) in [4.78, 5) is 23.6. The Bertz CT molecular complexity index is 2170. The van der Waals surface area contributed by atoms with Crippen LogP contribution in [0.2, 0.25) is 0 Å². The number of furan rings is 1. The maximum absolute atomic E-state index is 6.11. The summed E-state index contributed by atoms with van der Waals surface area (Å²) in [7, 11) is 0. The van der Waals surface area contributed by atoms with E-state index in [1.54, 1.807) is 6.20 Å². The topological polar surface area (TPSA) is 77.6 Å². The van der Waals surface area contributed by atoms with Crippen LogP contribution in [0.1, 0.15) is 0 Å². The summed E-state index contributed by atoms with van der Waals surface area (Å²) in [6, 6.07) is 42.6. The average Bonchev–Trinajstić information content (AvgIpc) is 3.48. The molecule has 4 heterocycles. The number of benzene rings is 4. The van der Waals surface area contributed by atoms with Gasteiger partial charge in [-0.25, -0.2) is 19.9 Å². The normalized spacial score (nSPS) is 11.3. The van der Waals surface area contributed by atoms with Gasteiger partial charge in [0, 0.05) is 45.4 Å². The highest BCUT2D eigenvalue weighted by molar-refractivity contribution is 6.07. The first-order chi connectivity index (χ1) is 21.3. The van der Waals surface area contributed by atoms with Crippen molar-refractivity contribution in [1.29, 1.82) is 0 Å². The molecule has 8 rings (SSSR count). The molecule has 0 aliphatic rings. The molecule has 0 atom stereocenters. The number of nitrogens with zero attached hydrogens (tertiary/aromatic N) is 5. The van der Waals surface area contributed by atoms with E-state index < -0.39 is 0 Å². The number of fused-ring (bicyclic) bond motifs is 3. The molecule has 0 radical (unpaired) electrons. The minimum Gasteiger partial charge on any atom is -0.435 e. The molecule has 4 aromatic heterocycles. The predicted molar refractivity (Wildman–Crippen MR) is 170 cm³/mol. The summed E-state index contributed by atoms with van der Waals surface area (Å²) in [6.07, 6.45) is 3.56. The molecule has 6 nitrogen and oxygen atoms in total. The third kappa shape index (κ3) is 4.61. The number of pyridine rings is 2. The SMILES string of the molecule is c1ccc(-c2nc(-c3ccccc3)nc(-c3cccc(-c4ccc(-c5nccc6c5oc5ncccc56)cc4)c3)n2)cc1. The van der Waals surface area contributed by atoms with Crippen LogP contribution in [0.25, 0.3) is 78.6 Å². The van der Waals surface area contributed by atoms with Crippen LogP contribution in [0, 0.1) is 0 Å². The van der Waals surface area contributed by atoms with E-state index in [1.807, 2.05) is 97.2 Å². The smallest absolute Gasteiger partial charge is 0.227 e. The fourth-order valence-electron chi connectivity index (χ4n) is 5.34. The maximum Gasteiger partial charge on any atom is 0.227 e. The van der Waals surface area contributed by atoms with Gasteiger partial charge in [0.05, 0.1) is 0 Å². The van der Waals surface area contributed by atoms with E-state index in [4.69, 9.17) is 19.4 Å². The van der Waals surface area contributed by atoms with E-state index in [2.05, 4.69) is 46.4 Å². The van der Waals surface area contributed by atoms with E-state index in [0.717, 1.165) is 55.4 Å². The quantitative estimate of drug-likeness (QED) is 0.212. The maximum atomic E-state index is 6.11. The van der Waals surface area contributed by atoms with Gasteiger partial charge >= 0.3 is 0 Å². The highest BCUT2D eigenvalue weighted by Gasteiger charge is 2.15. The van der Waals surface area contributed by atoms with E-state index in [0.29, 0.717) is 23.2 Å². The molecule has 0 aliphatic carbocycles. The zero-order valence-electron chi connectivity index (χ0n) is 22.9. The number of rotatable bonds is 5.